The van der Waals surface area contributed by atoms with Crippen LogP contribution < -0.4 is 15.8 Å². The van der Waals surface area contributed by atoms with E-state index >= 15 is 0 Å². The standard InChI is InChI=1S/C14H30N4O2S.HI/c1-2-3-4-5-9-16-14(15)17-10-11-21(19,20)18-12-13-7-6-8-13;/h13,18H,2-12H2,1H3,(H3,15,16,17);1H. The molecular formula is C14H31IN4O2S. The molecule has 4 N–H and O–H groups in total. The number of hydrogen-bond donors (Lipinski definition) is 3. The van der Waals surface area contributed by atoms with Gasteiger partial charge in [-0.25, -0.2) is 13.1 Å². The van der Waals surface area contributed by atoms with Crippen LogP contribution in [0.2, 0.25) is 0 Å². The normalized spacial score (nSPS) is 16.0. The van der Waals surface area contributed by atoms with Crippen LogP contribution >= 0.6 is 24.0 Å². The summed E-state index contributed by atoms with van der Waals surface area (Å²) in [5, 5.41) is 2.85. The van der Waals surface area contributed by atoms with Crippen LogP contribution in [0.5, 0.6) is 0 Å². The van der Waals surface area contributed by atoms with E-state index in [1.54, 1.807) is 0 Å². The van der Waals surface area contributed by atoms with Crippen molar-refractivity contribution in [3.63, 3.8) is 0 Å². The lowest BCUT2D eigenvalue weighted by atomic mass is 9.86. The fraction of sp³-hybridized carbons (Fsp3) is 0.929. The molecule has 1 rings (SSSR count). The maximum Gasteiger partial charge on any atom is 0.213 e. The number of unbranched alkanes of at least 4 members (excludes halogenated alkanes) is 3. The second-order valence-corrected chi connectivity index (χ2v) is 7.65. The van der Waals surface area contributed by atoms with Gasteiger partial charge in [-0.1, -0.05) is 32.6 Å². The van der Waals surface area contributed by atoms with E-state index in [1.165, 1.54) is 19.3 Å². The van der Waals surface area contributed by atoms with E-state index < -0.39 is 10.0 Å². The Labute approximate surface area is 152 Å². The molecule has 0 bridgehead atoms. The van der Waals surface area contributed by atoms with E-state index in [4.69, 9.17) is 5.73 Å². The second kappa shape index (κ2) is 12.3. The summed E-state index contributed by atoms with van der Waals surface area (Å²) in [5.41, 5.74) is 5.69. The highest BCUT2D eigenvalue weighted by Gasteiger charge is 2.19. The fourth-order valence-electron chi connectivity index (χ4n) is 2.12. The number of guanidine groups is 1. The van der Waals surface area contributed by atoms with Gasteiger partial charge in [-0.05, 0) is 25.2 Å². The highest BCUT2D eigenvalue weighted by molar-refractivity contribution is 14.0. The van der Waals surface area contributed by atoms with Gasteiger partial charge in [0.15, 0.2) is 5.96 Å². The Morgan fingerprint density at radius 2 is 2.00 bits per heavy atom. The number of nitrogens with zero attached hydrogens (tertiary/aromatic N) is 1. The summed E-state index contributed by atoms with van der Waals surface area (Å²) in [7, 11) is -3.20. The molecule has 0 aliphatic heterocycles. The first-order valence-electron chi connectivity index (χ1n) is 8.04. The van der Waals surface area contributed by atoms with Gasteiger partial charge in [0.1, 0.15) is 0 Å². The summed E-state index contributed by atoms with van der Waals surface area (Å²) in [6.07, 6.45) is 8.09. The maximum atomic E-state index is 11.8. The fourth-order valence-corrected chi connectivity index (χ4v) is 3.13. The maximum absolute atomic E-state index is 11.8. The van der Waals surface area contributed by atoms with Gasteiger partial charge in [-0.15, -0.1) is 24.0 Å². The van der Waals surface area contributed by atoms with Crippen molar-refractivity contribution in [2.45, 2.75) is 51.9 Å². The van der Waals surface area contributed by atoms with Gasteiger partial charge in [0.25, 0.3) is 0 Å². The molecule has 0 saturated heterocycles. The molecule has 0 heterocycles. The Bertz CT molecular complexity index is 411. The number of sulfonamides is 1. The van der Waals surface area contributed by atoms with Crippen LogP contribution in [0.1, 0.15) is 51.9 Å². The van der Waals surface area contributed by atoms with Gasteiger partial charge >= 0.3 is 0 Å². The smallest absolute Gasteiger partial charge is 0.213 e. The summed E-state index contributed by atoms with van der Waals surface area (Å²) in [4.78, 5) is 4.18. The van der Waals surface area contributed by atoms with Gasteiger partial charge in [0.2, 0.25) is 10.0 Å². The van der Waals surface area contributed by atoms with E-state index in [1.807, 2.05) is 0 Å². The average molecular weight is 446 g/mol. The first-order valence-corrected chi connectivity index (χ1v) is 9.70. The molecule has 6 nitrogen and oxygen atoms in total. The van der Waals surface area contributed by atoms with Crippen molar-refractivity contribution in [2.75, 3.05) is 25.4 Å². The molecule has 0 amide bonds. The summed E-state index contributed by atoms with van der Waals surface area (Å²) < 4.78 is 26.2. The van der Waals surface area contributed by atoms with Crippen LogP contribution in [-0.4, -0.2) is 39.8 Å². The number of rotatable bonds is 11. The predicted molar refractivity (Wildman–Crippen MR) is 103 cm³/mol. The van der Waals surface area contributed by atoms with E-state index in [2.05, 4.69) is 22.0 Å². The third-order valence-corrected chi connectivity index (χ3v) is 5.14. The zero-order valence-corrected chi connectivity index (χ0v) is 16.7. The molecule has 8 heteroatoms. The molecule has 0 aromatic rings. The van der Waals surface area contributed by atoms with Gasteiger partial charge in [-0.3, -0.25) is 4.99 Å². The van der Waals surface area contributed by atoms with Crippen molar-refractivity contribution < 1.29 is 8.42 Å². The summed E-state index contributed by atoms with van der Waals surface area (Å²) >= 11 is 0. The largest absolute Gasteiger partial charge is 0.370 e. The molecule has 1 fully saturated rings. The molecule has 0 radical (unpaired) electrons. The second-order valence-electron chi connectivity index (χ2n) is 5.72. The molecular weight excluding hydrogens is 415 g/mol. The molecule has 1 aliphatic carbocycles. The zero-order valence-electron chi connectivity index (χ0n) is 13.5. The molecule has 0 unspecified atom stereocenters. The van der Waals surface area contributed by atoms with Crippen molar-refractivity contribution in [1.29, 1.82) is 0 Å². The topological polar surface area (TPSA) is 96.6 Å². The van der Waals surface area contributed by atoms with Crippen LogP contribution in [0.15, 0.2) is 4.99 Å². The first kappa shape index (κ1) is 21.9. The predicted octanol–water partition coefficient (Wildman–Crippen LogP) is 1.81. The lowest BCUT2D eigenvalue weighted by Gasteiger charge is -2.25. The quantitative estimate of drug-likeness (QED) is 0.195. The molecule has 1 saturated carbocycles. The van der Waals surface area contributed by atoms with Gasteiger partial charge < -0.3 is 11.1 Å². The van der Waals surface area contributed by atoms with Crippen LogP contribution in [0.4, 0.5) is 0 Å². The van der Waals surface area contributed by atoms with Gasteiger partial charge in [-0.2, -0.15) is 0 Å². The summed E-state index contributed by atoms with van der Waals surface area (Å²) in [5.74, 6) is 0.898. The zero-order chi connectivity index (χ0) is 15.6. The van der Waals surface area contributed by atoms with Gasteiger partial charge in [0.05, 0.1) is 5.75 Å². The van der Waals surface area contributed by atoms with E-state index in [9.17, 15) is 8.42 Å². The van der Waals surface area contributed by atoms with E-state index in [-0.39, 0.29) is 29.7 Å². The SMILES string of the molecule is CCCCCCN=C(N)NCCS(=O)(=O)NCC1CCC1.I. The lowest BCUT2D eigenvalue weighted by Crippen LogP contribution is -2.39. The minimum Gasteiger partial charge on any atom is -0.370 e. The third-order valence-electron chi connectivity index (χ3n) is 3.79. The van der Waals surface area contributed by atoms with E-state index in [0.717, 1.165) is 25.7 Å². The van der Waals surface area contributed by atoms with Crippen LogP contribution in [0, 0.1) is 5.92 Å². The molecule has 132 valence electrons. The number of hydrogen-bond acceptors (Lipinski definition) is 3. The van der Waals surface area contributed by atoms with Crippen molar-refractivity contribution >= 4 is 40.0 Å². The highest BCUT2D eigenvalue weighted by Crippen LogP contribution is 2.25. The van der Waals surface area contributed by atoms with Crippen LogP contribution in [0.25, 0.3) is 0 Å². The van der Waals surface area contributed by atoms with Crippen molar-refractivity contribution in [2.24, 2.45) is 16.6 Å². The van der Waals surface area contributed by atoms with Crippen LogP contribution in [0.3, 0.4) is 0 Å². The Balaban J connectivity index is 0.00000441. The van der Waals surface area contributed by atoms with Crippen molar-refractivity contribution in [3.8, 4) is 0 Å². The molecule has 0 atom stereocenters. The molecule has 22 heavy (non-hydrogen) atoms. The highest BCUT2D eigenvalue weighted by atomic mass is 127. The number of nitrogens with one attached hydrogen (secondary N) is 2. The number of halogens is 1. The molecule has 1 aliphatic rings. The number of nitrogens with two attached hydrogens (primary N) is 1. The van der Waals surface area contributed by atoms with Crippen molar-refractivity contribution in [1.82, 2.24) is 10.0 Å². The van der Waals surface area contributed by atoms with Gasteiger partial charge in [0, 0.05) is 19.6 Å². The minimum atomic E-state index is -3.20. The Morgan fingerprint density at radius 1 is 1.27 bits per heavy atom. The molecule has 0 aromatic carbocycles. The van der Waals surface area contributed by atoms with Crippen LogP contribution in [-0.2, 0) is 10.0 Å². The number of aliphatic imine (C=N–C) groups is 1. The Kier molecular flexibility index (Phi) is 12.3. The lowest BCUT2D eigenvalue weighted by molar-refractivity contribution is 0.316. The molecule has 0 spiro atoms. The Hall–Kier alpha value is -0.0900. The summed E-state index contributed by atoms with van der Waals surface area (Å²) in [6.45, 7) is 3.73. The average Bonchev–Trinajstić information content (AvgIpc) is 2.36. The monoisotopic (exact) mass is 446 g/mol. The summed E-state index contributed by atoms with van der Waals surface area (Å²) in [6, 6.07) is 0. The third kappa shape index (κ3) is 10.6. The van der Waals surface area contributed by atoms with E-state index in [0.29, 0.717) is 31.5 Å². The Morgan fingerprint density at radius 3 is 2.59 bits per heavy atom. The first-order chi connectivity index (χ1) is 10.0. The molecule has 0 aromatic heterocycles. The van der Waals surface area contributed by atoms with Crippen molar-refractivity contribution in [3.05, 3.63) is 0 Å². The minimum absolute atomic E-state index is 0.